The molecule has 1 N–H and O–H groups in total. The normalized spacial score (nSPS) is 13.8. The molecule has 1 aliphatic rings. The highest BCUT2D eigenvalue weighted by atomic mass is 32.1. The molecule has 3 aromatic rings. The molecule has 0 saturated heterocycles. The summed E-state index contributed by atoms with van der Waals surface area (Å²) in [5.74, 6) is 2.29. The van der Waals surface area contributed by atoms with E-state index in [-0.39, 0.29) is 12.8 Å². The first-order chi connectivity index (χ1) is 12.3. The average molecular weight is 374 g/mol. The molecular weight excluding hydrogens is 356 g/mol. The summed E-state index contributed by atoms with van der Waals surface area (Å²) in [4.78, 5) is 4.49. The van der Waals surface area contributed by atoms with Crippen LogP contribution in [-0.2, 0) is 13.0 Å². The predicted molar refractivity (Wildman–Crippen MR) is 98.8 cm³/mol. The topological polar surface area (TPSA) is 52.6 Å². The average Bonchev–Trinajstić information content (AvgIpc) is 3.39. The molecule has 5 nitrogen and oxygen atoms in total. The molecule has 1 atom stereocenters. The lowest BCUT2D eigenvalue weighted by Crippen LogP contribution is -2.23. The summed E-state index contributed by atoms with van der Waals surface area (Å²) in [5, 5.41) is 11.0. The van der Waals surface area contributed by atoms with E-state index in [1.807, 2.05) is 23.7 Å². The first-order valence-corrected chi connectivity index (χ1v) is 9.76. The van der Waals surface area contributed by atoms with E-state index in [0.29, 0.717) is 6.54 Å². The van der Waals surface area contributed by atoms with Crippen molar-refractivity contribution in [3.63, 3.8) is 0 Å². The smallest absolute Gasteiger partial charge is 0.231 e. The second kappa shape index (κ2) is 7.43. The zero-order chi connectivity index (χ0) is 17.1. The monoisotopic (exact) mass is 374 g/mol. The van der Waals surface area contributed by atoms with Gasteiger partial charge in [-0.25, -0.2) is 4.98 Å². The first kappa shape index (κ1) is 16.4. The summed E-state index contributed by atoms with van der Waals surface area (Å²) in [7, 11) is 1.67. The lowest BCUT2D eigenvalue weighted by atomic mass is 10.1. The number of nitrogens with one attached hydrogen (secondary N) is 1. The fourth-order valence-corrected chi connectivity index (χ4v) is 4.22. The molecule has 0 unspecified atom stereocenters. The number of thiazole rings is 1. The second-order valence-electron chi connectivity index (χ2n) is 5.66. The summed E-state index contributed by atoms with van der Waals surface area (Å²) in [6, 6.07) is 6.19. The molecule has 7 heteroatoms. The molecule has 0 radical (unpaired) electrons. The number of nitrogens with zero attached hydrogens (tertiary/aromatic N) is 1. The minimum Gasteiger partial charge on any atom is -0.496 e. The summed E-state index contributed by atoms with van der Waals surface area (Å²) in [6.45, 7) is 0.920. The van der Waals surface area contributed by atoms with E-state index in [9.17, 15) is 0 Å². The number of hydrogen-bond acceptors (Lipinski definition) is 7. The first-order valence-electron chi connectivity index (χ1n) is 7.94. The Balaban J connectivity index is 1.53. The summed E-state index contributed by atoms with van der Waals surface area (Å²) in [6.07, 6.45) is 2.76. The minimum absolute atomic E-state index is 0.157. The van der Waals surface area contributed by atoms with Crippen molar-refractivity contribution in [3.8, 4) is 17.2 Å². The molecule has 0 aliphatic carbocycles. The number of aromatic nitrogens is 1. The quantitative estimate of drug-likeness (QED) is 0.677. The van der Waals surface area contributed by atoms with Crippen molar-refractivity contribution in [1.29, 1.82) is 0 Å². The molecule has 0 saturated carbocycles. The van der Waals surface area contributed by atoms with Crippen LogP contribution in [0.4, 0.5) is 0 Å². The molecular formula is C18H18N2O3S2. The maximum atomic E-state index is 5.51. The van der Waals surface area contributed by atoms with E-state index in [4.69, 9.17) is 14.2 Å². The Hall–Kier alpha value is -2.09. The zero-order valence-electron chi connectivity index (χ0n) is 13.7. The molecule has 130 valence electrons. The molecule has 4 rings (SSSR count). The highest BCUT2D eigenvalue weighted by molar-refractivity contribution is 7.09. The number of ether oxygens (including phenoxy) is 3. The Morgan fingerprint density at radius 2 is 2.16 bits per heavy atom. The van der Waals surface area contributed by atoms with E-state index < -0.39 is 0 Å². The molecule has 25 heavy (non-hydrogen) atoms. The van der Waals surface area contributed by atoms with Gasteiger partial charge in [0.15, 0.2) is 11.5 Å². The van der Waals surface area contributed by atoms with Gasteiger partial charge in [0.2, 0.25) is 6.79 Å². The van der Waals surface area contributed by atoms with Crippen molar-refractivity contribution in [3.05, 3.63) is 56.7 Å². The predicted octanol–water partition coefficient (Wildman–Crippen LogP) is 4.02. The van der Waals surface area contributed by atoms with Gasteiger partial charge in [-0.2, -0.15) is 11.3 Å². The molecule has 1 aromatic carbocycles. The molecule has 0 fully saturated rings. The van der Waals surface area contributed by atoms with Crippen molar-refractivity contribution >= 4 is 22.7 Å². The molecule has 3 heterocycles. The van der Waals surface area contributed by atoms with Crippen LogP contribution in [0.15, 0.2) is 40.5 Å². The van der Waals surface area contributed by atoms with Crippen LogP contribution in [0.3, 0.4) is 0 Å². The van der Waals surface area contributed by atoms with Crippen LogP contribution >= 0.6 is 22.7 Å². The fraction of sp³-hybridized carbons (Fsp3) is 0.278. The number of thiophene rings is 1. The van der Waals surface area contributed by atoms with Gasteiger partial charge in [0.25, 0.3) is 0 Å². The molecule has 0 amide bonds. The van der Waals surface area contributed by atoms with Gasteiger partial charge < -0.3 is 19.5 Å². The van der Waals surface area contributed by atoms with Gasteiger partial charge in [-0.3, -0.25) is 0 Å². The van der Waals surface area contributed by atoms with E-state index >= 15 is 0 Å². The van der Waals surface area contributed by atoms with Crippen LogP contribution in [0, 0.1) is 0 Å². The van der Waals surface area contributed by atoms with Crippen molar-refractivity contribution < 1.29 is 14.2 Å². The lowest BCUT2D eigenvalue weighted by molar-refractivity contribution is 0.174. The van der Waals surface area contributed by atoms with Crippen LogP contribution in [0.5, 0.6) is 17.2 Å². The van der Waals surface area contributed by atoms with Crippen LogP contribution in [-0.4, -0.2) is 18.9 Å². The Morgan fingerprint density at radius 1 is 1.28 bits per heavy atom. The highest BCUT2D eigenvalue weighted by Crippen LogP contribution is 2.38. The minimum atomic E-state index is 0.157. The number of hydrogen-bond donors (Lipinski definition) is 1. The maximum absolute atomic E-state index is 5.51. The number of rotatable bonds is 7. The second-order valence-corrected chi connectivity index (χ2v) is 7.36. The third-order valence-corrected chi connectivity index (χ3v) is 5.71. The van der Waals surface area contributed by atoms with Gasteiger partial charge in [-0.05, 0) is 34.9 Å². The van der Waals surface area contributed by atoms with Gasteiger partial charge in [-0.15, -0.1) is 11.3 Å². The van der Waals surface area contributed by atoms with E-state index in [0.717, 1.165) is 34.2 Å². The molecule has 2 aromatic heterocycles. The van der Waals surface area contributed by atoms with E-state index in [1.54, 1.807) is 29.8 Å². The van der Waals surface area contributed by atoms with Gasteiger partial charge >= 0.3 is 0 Å². The van der Waals surface area contributed by atoms with Crippen LogP contribution < -0.4 is 19.5 Å². The molecule has 0 spiro atoms. The Kier molecular flexibility index (Phi) is 4.87. The third kappa shape index (κ3) is 3.63. The number of benzene rings is 1. The van der Waals surface area contributed by atoms with Crippen molar-refractivity contribution in [2.24, 2.45) is 0 Å². The molecule has 0 bridgehead atoms. The van der Waals surface area contributed by atoms with Crippen LogP contribution in [0.2, 0.25) is 0 Å². The van der Waals surface area contributed by atoms with Crippen LogP contribution in [0.25, 0.3) is 0 Å². The van der Waals surface area contributed by atoms with Crippen molar-refractivity contribution in [2.75, 3.05) is 13.9 Å². The van der Waals surface area contributed by atoms with Crippen molar-refractivity contribution in [1.82, 2.24) is 10.3 Å². The maximum Gasteiger partial charge on any atom is 0.231 e. The highest BCUT2D eigenvalue weighted by Gasteiger charge is 2.20. The zero-order valence-corrected chi connectivity index (χ0v) is 15.4. The Bertz CT molecular complexity index is 819. The number of methoxy groups -OCH3 is 1. The molecule has 1 aliphatic heterocycles. The fourth-order valence-electron chi connectivity index (χ4n) is 2.82. The van der Waals surface area contributed by atoms with Gasteiger partial charge in [0, 0.05) is 29.8 Å². The van der Waals surface area contributed by atoms with Crippen molar-refractivity contribution in [2.45, 2.75) is 19.0 Å². The SMILES string of the molecule is COc1cc2c(cc1CN[C@H](Cc1ccsc1)c1nccs1)OCO2. The summed E-state index contributed by atoms with van der Waals surface area (Å²) in [5.41, 5.74) is 2.36. The van der Waals surface area contributed by atoms with Gasteiger partial charge in [-0.1, -0.05) is 0 Å². The van der Waals surface area contributed by atoms with Gasteiger partial charge in [0.05, 0.1) is 13.2 Å². The number of fused-ring (bicyclic) bond motifs is 1. The van der Waals surface area contributed by atoms with Gasteiger partial charge in [0.1, 0.15) is 10.8 Å². The summed E-state index contributed by atoms with van der Waals surface area (Å²) < 4.78 is 16.4. The Labute approximate surface area is 154 Å². The standard InChI is InChI=1S/C18H18N2O3S2/c1-21-15-8-17-16(22-11-23-17)7-13(15)9-20-14(18-19-3-5-25-18)6-12-2-4-24-10-12/h2-5,7-8,10,14,20H,6,9,11H2,1H3/t14-/m1/s1. The van der Waals surface area contributed by atoms with Crippen LogP contribution in [0.1, 0.15) is 22.2 Å². The van der Waals surface area contributed by atoms with E-state index in [2.05, 4.69) is 27.1 Å². The Morgan fingerprint density at radius 3 is 2.88 bits per heavy atom. The largest absolute Gasteiger partial charge is 0.496 e. The lowest BCUT2D eigenvalue weighted by Gasteiger charge is -2.17. The van der Waals surface area contributed by atoms with E-state index in [1.165, 1.54) is 5.56 Å². The summed E-state index contributed by atoms with van der Waals surface area (Å²) >= 11 is 3.39. The third-order valence-electron chi connectivity index (χ3n) is 4.08.